The molecule has 0 radical (unpaired) electrons. The molecule has 5 rings (SSSR count). The summed E-state index contributed by atoms with van der Waals surface area (Å²) in [7, 11) is 0. The molecule has 1 amide bonds. The molecule has 0 N–H and O–H groups in total. The number of piperidine rings is 1. The van der Waals surface area contributed by atoms with Crippen LogP contribution in [0.5, 0.6) is 0 Å². The van der Waals surface area contributed by atoms with Gasteiger partial charge in [-0.2, -0.15) is 0 Å². The highest BCUT2D eigenvalue weighted by Crippen LogP contribution is 2.24. The molecule has 0 aliphatic carbocycles. The number of likely N-dealkylation sites (tertiary alicyclic amines) is 1. The van der Waals surface area contributed by atoms with Gasteiger partial charge in [-0.05, 0) is 49.2 Å². The van der Waals surface area contributed by atoms with Crippen LogP contribution in [0, 0.1) is 5.92 Å². The van der Waals surface area contributed by atoms with Crippen LogP contribution in [0.3, 0.4) is 0 Å². The summed E-state index contributed by atoms with van der Waals surface area (Å²) in [6, 6.07) is 16.3. The molecule has 0 bridgehead atoms. The molecule has 0 unspecified atom stereocenters. The highest BCUT2D eigenvalue weighted by molar-refractivity contribution is 6.30. The van der Waals surface area contributed by atoms with E-state index in [1.165, 1.54) is 5.56 Å². The minimum atomic E-state index is 0.0657. The van der Waals surface area contributed by atoms with Crippen LogP contribution in [0.4, 0.5) is 0 Å². The average molecular weight is 453 g/mol. The predicted molar refractivity (Wildman–Crippen MR) is 126 cm³/mol. The van der Waals surface area contributed by atoms with E-state index in [4.69, 9.17) is 21.3 Å². The second-order valence-corrected chi connectivity index (χ2v) is 9.18. The largest absolute Gasteiger partial charge is 0.378 e. The lowest BCUT2D eigenvalue weighted by Crippen LogP contribution is -2.48. The second-order valence-electron chi connectivity index (χ2n) is 8.74. The molecule has 32 heavy (non-hydrogen) atoms. The molecular weight excluding hydrogens is 424 g/mol. The first-order chi connectivity index (χ1) is 15.7. The number of hydrogen-bond donors (Lipinski definition) is 0. The predicted octanol–water partition coefficient (Wildman–Crippen LogP) is 3.81. The van der Waals surface area contributed by atoms with Crippen LogP contribution in [-0.2, 0) is 22.6 Å². The van der Waals surface area contributed by atoms with Crippen molar-refractivity contribution in [1.29, 1.82) is 0 Å². The van der Waals surface area contributed by atoms with Crippen molar-refractivity contribution in [2.75, 3.05) is 39.4 Å². The van der Waals surface area contributed by atoms with Gasteiger partial charge in [0.2, 0.25) is 5.91 Å². The van der Waals surface area contributed by atoms with Gasteiger partial charge in [-0.1, -0.05) is 35.9 Å². The van der Waals surface area contributed by atoms with Gasteiger partial charge in [0.05, 0.1) is 36.7 Å². The van der Waals surface area contributed by atoms with Gasteiger partial charge in [0, 0.05) is 31.2 Å². The van der Waals surface area contributed by atoms with Gasteiger partial charge in [0.1, 0.15) is 5.82 Å². The molecule has 2 aliphatic rings. The first-order valence-corrected chi connectivity index (χ1v) is 11.8. The quantitative estimate of drug-likeness (QED) is 0.590. The molecule has 3 heterocycles. The molecule has 0 spiro atoms. The molecule has 3 aromatic rings. The van der Waals surface area contributed by atoms with Gasteiger partial charge in [-0.15, -0.1) is 0 Å². The molecular formula is C25H29ClN4O2. The maximum absolute atomic E-state index is 13.0. The van der Waals surface area contributed by atoms with E-state index in [0.29, 0.717) is 26.3 Å². The zero-order valence-electron chi connectivity index (χ0n) is 18.3. The average Bonchev–Trinajstić information content (AvgIpc) is 3.17. The third-order valence-corrected chi connectivity index (χ3v) is 6.78. The Hall–Kier alpha value is -2.41. The fourth-order valence-corrected chi connectivity index (χ4v) is 4.96. The number of carbonyl (C=O) groups excluding carboxylic acids is 1. The Morgan fingerprint density at radius 1 is 1.03 bits per heavy atom. The summed E-state index contributed by atoms with van der Waals surface area (Å²) >= 11 is 6.08. The van der Waals surface area contributed by atoms with Crippen molar-refractivity contribution in [3.8, 4) is 0 Å². The molecule has 2 aliphatic heterocycles. The number of halogens is 1. The third-order valence-electron chi connectivity index (χ3n) is 6.53. The first-order valence-electron chi connectivity index (χ1n) is 11.4. The smallest absolute Gasteiger partial charge is 0.227 e. The number of carbonyl (C=O) groups is 1. The molecule has 7 heteroatoms. The Bertz CT molecular complexity index is 1080. The van der Waals surface area contributed by atoms with Gasteiger partial charge in [-0.25, -0.2) is 4.98 Å². The fraction of sp³-hybridized carbons (Fsp3) is 0.440. The van der Waals surface area contributed by atoms with Gasteiger partial charge in [0.15, 0.2) is 0 Å². The Labute approximate surface area is 193 Å². The van der Waals surface area contributed by atoms with Crippen LogP contribution < -0.4 is 0 Å². The standard InChI is InChI=1S/C25H29ClN4O2/c26-21-9-7-19(8-10-21)16-30-23-6-2-1-5-22(23)27-24(30)18-28-11-3-4-20(17-28)25(31)29-12-14-32-15-13-29/h1-2,5-10,20H,3-4,11-18H2/t20-/m1/s1. The summed E-state index contributed by atoms with van der Waals surface area (Å²) in [6.45, 7) is 6.01. The van der Waals surface area contributed by atoms with Gasteiger partial charge in [0.25, 0.3) is 0 Å². The van der Waals surface area contributed by atoms with Crippen LogP contribution in [0.25, 0.3) is 11.0 Å². The van der Waals surface area contributed by atoms with Gasteiger partial charge >= 0.3 is 0 Å². The fourth-order valence-electron chi connectivity index (χ4n) is 4.84. The lowest BCUT2D eigenvalue weighted by molar-refractivity contribution is -0.141. The van der Waals surface area contributed by atoms with E-state index < -0.39 is 0 Å². The van der Waals surface area contributed by atoms with Crippen molar-refractivity contribution in [3.05, 3.63) is 64.9 Å². The second kappa shape index (κ2) is 9.61. The lowest BCUT2D eigenvalue weighted by Gasteiger charge is -2.36. The number of morpholine rings is 1. The Balaban J connectivity index is 1.35. The third kappa shape index (κ3) is 4.68. The summed E-state index contributed by atoms with van der Waals surface area (Å²) < 4.78 is 7.71. The van der Waals surface area contributed by atoms with E-state index in [2.05, 4.69) is 39.8 Å². The highest BCUT2D eigenvalue weighted by Gasteiger charge is 2.30. The number of imidazole rings is 1. The molecule has 2 fully saturated rings. The van der Waals surface area contributed by atoms with Crippen molar-refractivity contribution in [1.82, 2.24) is 19.4 Å². The number of ether oxygens (including phenoxy) is 1. The molecule has 1 aromatic heterocycles. The number of rotatable bonds is 5. The monoisotopic (exact) mass is 452 g/mol. The Morgan fingerprint density at radius 2 is 1.81 bits per heavy atom. The van der Waals surface area contributed by atoms with Crippen molar-refractivity contribution in [2.24, 2.45) is 5.92 Å². The minimum absolute atomic E-state index is 0.0657. The number of benzene rings is 2. The van der Waals surface area contributed by atoms with Crippen molar-refractivity contribution in [3.63, 3.8) is 0 Å². The van der Waals surface area contributed by atoms with E-state index in [9.17, 15) is 4.79 Å². The molecule has 0 saturated carbocycles. The zero-order valence-corrected chi connectivity index (χ0v) is 19.0. The van der Waals surface area contributed by atoms with Crippen molar-refractivity contribution in [2.45, 2.75) is 25.9 Å². The normalized spacial score (nSPS) is 20.0. The maximum Gasteiger partial charge on any atom is 0.227 e. The topological polar surface area (TPSA) is 50.6 Å². The zero-order chi connectivity index (χ0) is 21.9. The molecule has 1 atom stereocenters. The van der Waals surface area contributed by atoms with Gasteiger partial charge < -0.3 is 14.2 Å². The van der Waals surface area contributed by atoms with Crippen LogP contribution in [0.1, 0.15) is 24.2 Å². The van der Waals surface area contributed by atoms with E-state index >= 15 is 0 Å². The number of amides is 1. The molecule has 2 saturated heterocycles. The number of para-hydroxylation sites is 2. The molecule has 2 aromatic carbocycles. The molecule has 6 nitrogen and oxygen atoms in total. The summed E-state index contributed by atoms with van der Waals surface area (Å²) in [4.78, 5) is 22.4. The number of aromatic nitrogens is 2. The lowest BCUT2D eigenvalue weighted by atomic mass is 9.96. The Morgan fingerprint density at radius 3 is 2.62 bits per heavy atom. The van der Waals surface area contributed by atoms with Crippen molar-refractivity contribution >= 4 is 28.5 Å². The molecule has 168 valence electrons. The summed E-state index contributed by atoms with van der Waals surface area (Å²) in [5.74, 6) is 1.39. The van der Waals surface area contributed by atoms with Gasteiger partial charge in [-0.3, -0.25) is 9.69 Å². The summed E-state index contributed by atoms with van der Waals surface area (Å²) in [5, 5.41) is 0.744. The minimum Gasteiger partial charge on any atom is -0.378 e. The number of fused-ring (bicyclic) bond motifs is 1. The van der Waals surface area contributed by atoms with Crippen LogP contribution in [-0.4, -0.2) is 64.7 Å². The van der Waals surface area contributed by atoms with Crippen LogP contribution in [0.2, 0.25) is 5.02 Å². The van der Waals surface area contributed by atoms with Crippen LogP contribution >= 0.6 is 11.6 Å². The van der Waals surface area contributed by atoms with Crippen LogP contribution in [0.15, 0.2) is 48.5 Å². The van der Waals surface area contributed by atoms with E-state index in [1.54, 1.807) is 0 Å². The highest BCUT2D eigenvalue weighted by atomic mass is 35.5. The number of hydrogen-bond acceptors (Lipinski definition) is 4. The van der Waals surface area contributed by atoms with E-state index in [1.807, 2.05) is 23.1 Å². The first kappa shape index (κ1) is 21.4. The maximum atomic E-state index is 13.0. The Kier molecular flexibility index (Phi) is 6.44. The van der Waals surface area contributed by atoms with E-state index in [-0.39, 0.29) is 11.8 Å². The van der Waals surface area contributed by atoms with Crippen molar-refractivity contribution < 1.29 is 9.53 Å². The summed E-state index contributed by atoms with van der Waals surface area (Å²) in [6.07, 6.45) is 2.01. The van der Waals surface area contributed by atoms with E-state index in [0.717, 1.165) is 60.9 Å². The number of nitrogens with zero attached hydrogens (tertiary/aromatic N) is 4. The summed E-state index contributed by atoms with van der Waals surface area (Å²) in [5.41, 5.74) is 3.34. The SMILES string of the molecule is O=C([C@@H]1CCCN(Cc2nc3ccccc3n2Cc2ccc(Cl)cc2)C1)N1CCOCC1.